The molecule has 6 rings (SSSR count). The first-order chi connectivity index (χ1) is 18.4. The van der Waals surface area contributed by atoms with Crippen LogP contribution in [0.5, 0.6) is 0 Å². The summed E-state index contributed by atoms with van der Waals surface area (Å²) in [5, 5.41) is 7.63. The number of aromatic nitrogens is 5. The van der Waals surface area contributed by atoms with Gasteiger partial charge in [-0.25, -0.2) is 4.79 Å². The number of hydrogen-bond donors (Lipinski definition) is 0. The monoisotopic (exact) mass is 501 g/mol. The minimum Gasteiger partial charge on any atom is -0.271 e. The van der Waals surface area contributed by atoms with Crippen LogP contribution in [0.2, 0.25) is 0 Å². The third-order valence-electron chi connectivity index (χ3n) is 7.34. The van der Waals surface area contributed by atoms with E-state index in [-0.39, 0.29) is 11.2 Å². The molecule has 0 aliphatic rings. The van der Waals surface area contributed by atoms with Gasteiger partial charge in [0.15, 0.2) is 5.65 Å². The second-order valence-corrected chi connectivity index (χ2v) is 9.68. The van der Waals surface area contributed by atoms with Crippen molar-refractivity contribution in [3.63, 3.8) is 0 Å². The highest BCUT2D eigenvalue weighted by atomic mass is 16.2. The second-order valence-electron chi connectivity index (χ2n) is 9.68. The SMILES string of the molecule is Cc1cccc(C)c1Cn1c(=O)n(C)c(=O)c2c(-c3ccncc3)n(Cc3cccc4ccccc34)nc21. The average molecular weight is 502 g/mol. The third kappa shape index (κ3) is 3.84. The molecular formula is C31H27N5O2. The summed E-state index contributed by atoms with van der Waals surface area (Å²) in [6.07, 6.45) is 3.40. The van der Waals surface area contributed by atoms with Crippen molar-refractivity contribution in [2.75, 3.05) is 0 Å². The zero-order valence-electron chi connectivity index (χ0n) is 21.5. The molecule has 3 aromatic carbocycles. The zero-order valence-corrected chi connectivity index (χ0v) is 21.5. The Morgan fingerprint density at radius 3 is 2.24 bits per heavy atom. The van der Waals surface area contributed by atoms with Gasteiger partial charge in [0, 0.05) is 25.0 Å². The molecule has 0 unspecified atom stereocenters. The molecule has 0 atom stereocenters. The van der Waals surface area contributed by atoms with Crippen LogP contribution in [0.1, 0.15) is 22.3 Å². The minimum absolute atomic E-state index is 0.322. The first-order valence-electron chi connectivity index (χ1n) is 12.6. The van der Waals surface area contributed by atoms with Gasteiger partial charge in [-0.15, -0.1) is 0 Å². The molecule has 0 saturated carbocycles. The molecule has 0 bridgehead atoms. The molecule has 0 aliphatic carbocycles. The summed E-state index contributed by atoms with van der Waals surface area (Å²) in [6, 6.07) is 24.2. The van der Waals surface area contributed by atoms with E-state index >= 15 is 0 Å². The maximum absolute atomic E-state index is 13.6. The fourth-order valence-corrected chi connectivity index (χ4v) is 5.27. The van der Waals surface area contributed by atoms with Crippen molar-refractivity contribution in [3.05, 3.63) is 128 Å². The predicted octanol–water partition coefficient (Wildman–Crippen LogP) is 4.83. The smallest absolute Gasteiger partial charge is 0.271 e. The summed E-state index contributed by atoms with van der Waals surface area (Å²) < 4.78 is 4.66. The lowest BCUT2D eigenvalue weighted by Gasteiger charge is -2.13. The van der Waals surface area contributed by atoms with Gasteiger partial charge in [0.1, 0.15) is 5.39 Å². The van der Waals surface area contributed by atoms with Gasteiger partial charge >= 0.3 is 5.69 Å². The van der Waals surface area contributed by atoms with Gasteiger partial charge in [0.25, 0.3) is 5.56 Å². The van der Waals surface area contributed by atoms with Crippen molar-refractivity contribution >= 4 is 21.8 Å². The van der Waals surface area contributed by atoms with Crippen molar-refractivity contribution in [3.8, 4) is 11.3 Å². The third-order valence-corrected chi connectivity index (χ3v) is 7.34. The number of pyridine rings is 1. The summed E-state index contributed by atoms with van der Waals surface area (Å²) in [6.45, 7) is 4.83. The van der Waals surface area contributed by atoms with Crippen LogP contribution in [-0.2, 0) is 20.1 Å². The molecule has 7 heteroatoms. The van der Waals surface area contributed by atoms with E-state index in [9.17, 15) is 9.59 Å². The average Bonchev–Trinajstić information content (AvgIpc) is 3.31. The van der Waals surface area contributed by atoms with E-state index in [0.717, 1.165) is 38.6 Å². The maximum atomic E-state index is 13.6. The van der Waals surface area contributed by atoms with Crippen LogP contribution in [-0.4, -0.2) is 23.9 Å². The molecule has 38 heavy (non-hydrogen) atoms. The molecule has 0 fully saturated rings. The summed E-state index contributed by atoms with van der Waals surface area (Å²) >= 11 is 0. The van der Waals surface area contributed by atoms with Crippen LogP contribution in [0.25, 0.3) is 33.1 Å². The van der Waals surface area contributed by atoms with Crippen molar-refractivity contribution < 1.29 is 0 Å². The van der Waals surface area contributed by atoms with Gasteiger partial charge in [0.2, 0.25) is 0 Å². The van der Waals surface area contributed by atoms with Gasteiger partial charge in [0.05, 0.1) is 18.8 Å². The second kappa shape index (κ2) is 9.27. The van der Waals surface area contributed by atoms with Gasteiger partial charge in [-0.1, -0.05) is 60.7 Å². The molecular weight excluding hydrogens is 474 g/mol. The molecule has 6 aromatic rings. The largest absolute Gasteiger partial charge is 0.332 e. The molecule has 7 nitrogen and oxygen atoms in total. The van der Waals surface area contributed by atoms with Crippen LogP contribution >= 0.6 is 0 Å². The summed E-state index contributed by atoms with van der Waals surface area (Å²) in [5.41, 5.74) is 5.42. The minimum atomic E-state index is -0.388. The van der Waals surface area contributed by atoms with Crippen molar-refractivity contribution in [1.82, 2.24) is 23.9 Å². The lowest BCUT2D eigenvalue weighted by atomic mass is 10.0. The zero-order chi connectivity index (χ0) is 26.4. The van der Waals surface area contributed by atoms with E-state index in [4.69, 9.17) is 5.10 Å². The Morgan fingerprint density at radius 2 is 1.47 bits per heavy atom. The number of aryl methyl sites for hydroxylation is 2. The van der Waals surface area contributed by atoms with E-state index in [1.165, 1.54) is 11.6 Å². The number of hydrogen-bond acceptors (Lipinski definition) is 4. The van der Waals surface area contributed by atoms with Gasteiger partial charge in [-0.05, 0) is 59.0 Å². The lowest BCUT2D eigenvalue weighted by molar-refractivity contribution is 0.650. The molecule has 0 amide bonds. The highest BCUT2D eigenvalue weighted by Crippen LogP contribution is 2.29. The number of fused-ring (bicyclic) bond motifs is 2. The molecule has 3 aromatic heterocycles. The highest BCUT2D eigenvalue weighted by Gasteiger charge is 2.23. The normalized spacial score (nSPS) is 11.4. The molecule has 188 valence electrons. The van der Waals surface area contributed by atoms with E-state index in [1.54, 1.807) is 17.0 Å². The molecule has 0 radical (unpaired) electrons. The van der Waals surface area contributed by atoms with Gasteiger partial charge in [-0.2, -0.15) is 5.10 Å². The van der Waals surface area contributed by atoms with Gasteiger partial charge < -0.3 is 0 Å². The fourth-order valence-electron chi connectivity index (χ4n) is 5.27. The van der Waals surface area contributed by atoms with E-state index in [2.05, 4.69) is 29.2 Å². The Hall–Kier alpha value is -4.78. The Bertz CT molecular complexity index is 1920. The molecule has 0 N–H and O–H groups in total. The predicted molar refractivity (Wildman–Crippen MR) is 151 cm³/mol. The fraction of sp³-hybridized carbons (Fsp3) is 0.161. The Balaban J connectivity index is 1.65. The number of rotatable bonds is 5. The first-order valence-corrected chi connectivity index (χ1v) is 12.6. The van der Waals surface area contributed by atoms with Crippen molar-refractivity contribution in [1.29, 1.82) is 0 Å². The lowest BCUT2D eigenvalue weighted by Crippen LogP contribution is -2.38. The maximum Gasteiger partial charge on any atom is 0.332 e. The van der Waals surface area contributed by atoms with E-state index < -0.39 is 0 Å². The molecule has 0 aliphatic heterocycles. The van der Waals surface area contributed by atoms with Crippen LogP contribution in [0.3, 0.4) is 0 Å². The van der Waals surface area contributed by atoms with E-state index in [1.807, 2.05) is 67.1 Å². The Kier molecular flexibility index (Phi) is 5.76. The van der Waals surface area contributed by atoms with Crippen LogP contribution in [0, 0.1) is 13.8 Å². The Labute approximate surface area is 219 Å². The van der Waals surface area contributed by atoms with Crippen LogP contribution in [0.15, 0.2) is 94.8 Å². The van der Waals surface area contributed by atoms with Crippen molar-refractivity contribution in [2.24, 2.45) is 7.05 Å². The highest BCUT2D eigenvalue weighted by molar-refractivity contribution is 5.91. The summed E-state index contributed by atoms with van der Waals surface area (Å²) in [5.74, 6) is 0. The van der Waals surface area contributed by atoms with Gasteiger partial charge in [-0.3, -0.25) is 23.6 Å². The quantitative estimate of drug-likeness (QED) is 0.339. The molecule has 0 saturated heterocycles. The topological polar surface area (TPSA) is 74.7 Å². The van der Waals surface area contributed by atoms with Crippen LogP contribution in [0.4, 0.5) is 0 Å². The number of benzene rings is 3. The standard InChI is InChI=1S/C31H27N5O2/c1-20-8-6-9-21(2)26(20)19-35-29-27(30(37)34(3)31(35)38)28(23-14-16-32-17-15-23)36(33-29)18-24-12-7-11-22-10-4-5-13-25(22)24/h4-17H,18-19H2,1-3H3. The Morgan fingerprint density at radius 1 is 0.789 bits per heavy atom. The first kappa shape index (κ1) is 23.6. The summed E-state index contributed by atoms with van der Waals surface area (Å²) in [4.78, 5) is 31.3. The van der Waals surface area contributed by atoms with Crippen molar-refractivity contribution in [2.45, 2.75) is 26.9 Å². The molecule has 0 spiro atoms. The summed E-state index contributed by atoms with van der Waals surface area (Å²) in [7, 11) is 1.53. The van der Waals surface area contributed by atoms with Crippen LogP contribution < -0.4 is 11.2 Å². The molecule has 3 heterocycles. The number of nitrogens with zero attached hydrogens (tertiary/aromatic N) is 5. The van der Waals surface area contributed by atoms with E-state index in [0.29, 0.717) is 29.8 Å².